The van der Waals surface area contributed by atoms with Crippen molar-refractivity contribution >= 4 is 28.9 Å². The standard InChI is InChI=1S/C38H46F2N4O2/c1-11-26-13-14-31(20-32(26)27(12-2)15-22(3)4)42-35-29(21-41)19-33(40)36(44-35)43-34(28-16-23(5)17-30(39)18-28)24(6)25(7)37(45)46-38(8,9)10/h12-14,16-20,22,24,34H,7,11,15H2,1-6,8-10H3,(H2,42,43,44)/b27-12-/t24-,34+/m1/s1. The minimum Gasteiger partial charge on any atom is -0.457 e. The number of carbonyl (C=O) groups excluding carboxylic acids is 1. The molecule has 0 bridgehead atoms. The SMILES string of the molecule is C=C(C(=O)OC(C)(C)C)[C@@H](C)[C@H](Nc1nc(Nc2ccc(CC)c(/C(=C\C)CC(C)C)c2)c(C#N)cc1F)c1cc(C)cc(F)c1. The summed E-state index contributed by atoms with van der Waals surface area (Å²) in [7, 11) is 0. The molecule has 2 aromatic carbocycles. The largest absolute Gasteiger partial charge is 0.457 e. The van der Waals surface area contributed by atoms with Crippen molar-refractivity contribution < 1.29 is 18.3 Å². The quantitative estimate of drug-likeness (QED) is 0.153. The van der Waals surface area contributed by atoms with Crippen molar-refractivity contribution in [3.8, 4) is 6.07 Å². The van der Waals surface area contributed by atoms with Crippen LogP contribution in [0.4, 0.5) is 26.1 Å². The van der Waals surface area contributed by atoms with E-state index < -0.39 is 35.2 Å². The predicted molar refractivity (Wildman–Crippen MR) is 183 cm³/mol. The van der Waals surface area contributed by atoms with Gasteiger partial charge in [-0.15, -0.1) is 0 Å². The summed E-state index contributed by atoms with van der Waals surface area (Å²) in [6, 6.07) is 12.8. The number of esters is 1. The number of benzene rings is 2. The summed E-state index contributed by atoms with van der Waals surface area (Å²) >= 11 is 0. The van der Waals surface area contributed by atoms with E-state index in [1.807, 2.05) is 31.2 Å². The van der Waals surface area contributed by atoms with Crippen molar-refractivity contribution in [2.45, 2.75) is 86.8 Å². The summed E-state index contributed by atoms with van der Waals surface area (Å²) in [4.78, 5) is 17.5. The highest BCUT2D eigenvalue weighted by Crippen LogP contribution is 2.35. The molecule has 2 N–H and O–H groups in total. The topological polar surface area (TPSA) is 87.0 Å². The molecule has 0 unspecified atom stereocenters. The van der Waals surface area contributed by atoms with Crippen molar-refractivity contribution in [1.29, 1.82) is 5.26 Å². The van der Waals surface area contributed by atoms with Gasteiger partial charge < -0.3 is 15.4 Å². The van der Waals surface area contributed by atoms with E-state index in [-0.39, 0.29) is 22.8 Å². The van der Waals surface area contributed by atoms with Crippen molar-refractivity contribution in [2.75, 3.05) is 10.6 Å². The maximum Gasteiger partial charge on any atom is 0.334 e. The number of carbonyl (C=O) groups is 1. The van der Waals surface area contributed by atoms with Gasteiger partial charge in [-0.3, -0.25) is 0 Å². The van der Waals surface area contributed by atoms with Crippen LogP contribution in [0.5, 0.6) is 0 Å². The lowest BCUT2D eigenvalue weighted by atomic mass is 9.88. The van der Waals surface area contributed by atoms with E-state index in [0.717, 1.165) is 24.5 Å². The first-order valence-corrected chi connectivity index (χ1v) is 15.7. The molecule has 0 amide bonds. The number of aryl methyl sites for hydroxylation is 2. The Balaban J connectivity index is 2.08. The number of aromatic nitrogens is 1. The molecule has 0 spiro atoms. The molecule has 1 aromatic heterocycles. The van der Waals surface area contributed by atoms with Crippen molar-refractivity contribution in [3.63, 3.8) is 0 Å². The van der Waals surface area contributed by atoms with Crippen LogP contribution in [-0.4, -0.2) is 16.6 Å². The first-order chi connectivity index (χ1) is 21.6. The summed E-state index contributed by atoms with van der Waals surface area (Å²) in [5.41, 5.74) is 4.74. The highest BCUT2D eigenvalue weighted by molar-refractivity contribution is 5.89. The van der Waals surface area contributed by atoms with Gasteiger partial charge in [0.1, 0.15) is 17.5 Å². The number of anilines is 3. The second-order valence-electron chi connectivity index (χ2n) is 13.1. The highest BCUT2D eigenvalue weighted by atomic mass is 19.1. The average molecular weight is 629 g/mol. The van der Waals surface area contributed by atoms with Crippen molar-refractivity contribution in [1.82, 2.24) is 4.98 Å². The van der Waals surface area contributed by atoms with Crippen LogP contribution in [0.2, 0.25) is 0 Å². The Bertz CT molecular complexity index is 1640. The second kappa shape index (κ2) is 15.2. The molecule has 0 radical (unpaired) electrons. The number of nitriles is 1. The molecule has 6 nitrogen and oxygen atoms in total. The fourth-order valence-electron chi connectivity index (χ4n) is 5.31. The fourth-order valence-corrected chi connectivity index (χ4v) is 5.31. The van der Waals surface area contributed by atoms with E-state index in [0.29, 0.717) is 22.7 Å². The van der Waals surface area contributed by atoms with Gasteiger partial charge in [0.15, 0.2) is 17.5 Å². The number of hydrogen-bond acceptors (Lipinski definition) is 6. The fraction of sp³-hybridized carbons (Fsp3) is 0.395. The summed E-state index contributed by atoms with van der Waals surface area (Å²) in [5.74, 6) is -2.07. The van der Waals surface area contributed by atoms with Gasteiger partial charge in [0, 0.05) is 17.2 Å². The Labute approximate surface area is 272 Å². The molecule has 46 heavy (non-hydrogen) atoms. The van der Waals surface area contributed by atoms with Gasteiger partial charge in [0.2, 0.25) is 0 Å². The Morgan fingerprint density at radius 2 is 1.80 bits per heavy atom. The van der Waals surface area contributed by atoms with Crippen LogP contribution in [0, 0.1) is 41.7 Å². The zero-order valence-corrected chi connectivity index (χ0v) is 28.4. The van der Waals surface area contributed by atoms with Gasteiger partial charge in [-0.25, -0.2) is 18.6 Å². The number of nitrogens with one attached hydrogen (secondary N) is 2. The second-order valence-corrected chi connectivity index (χ2v) is 13.1. The van der Waals surface area contributed by atoms with Gasteiger partial charge in [-0.05, 0) is 112 Å². The highest BCUT2D eigenvalue weighted by Gasteiger charge is 2.30. The predicted octanol–water partition coefficient (Wildman–Crippen LogP) is 9.98. The average Bonchev–Trinajstić information content (AvgIpc) is 2.97. The molecule has 0 aliphatic carbocycles. The van der Waals surface area contributed by atoms with Gasteiger partial charge in [0.25, 0.3) is 0 Å². The Hall–Kier alpha value is -4.51. The van der Waals surface area contributed by atoms with Crippen LogP contribution in [0.1, 0.15) is 95.7 Å². The van der Waals surface area contributed by atoms with Gasteiger partial charge >= 0.3 is 5.97 Å². The molecule has 0 saturated heterocycles. The number of nitrogens with zero attached hydrogens (tertiary/aromatic N) is 2. The number of pyridine rings is 1. The van der Waals surface area contributed by atoms with E-state index in [1.54, 1.807) is 40.7 Å². The van der Waals surface area contributed by atoms with Crippen LogP contribution in [0.25, 0.3) is 5.57 Å². The molecular weight excluding hydrogens is 582 g/mol. The molecule has 244 valence electrons. The third-order valence-corrected chi connectivity index (χ3v) is 7.60. The zero-order chi connectivity index (χ0) is 34.3. The molecule has 8 heteroatoms. The Morgan fingerprint density at radius 3 is 2.37 bits per heavy atom. The number of allylic oxidation sites excluding steroid dienone is 2. The van der Waals surface area contributed by atoms with Crippen LogP contribution >= 0.6 is 0 Å². The normalized spacial score (nSPS) is 13.2. The molecule has 0 fully saturated rings. The minimum atomic E-state index is -0.819. The summed E-state index contributed by atoms with van der Waals surface area (Å²) < 4.78 is 35.7. The molecule has 1 heterocycles. The van der Waals surface area contributed by atoms with Gasteiger partial charge in [0.05, 0.1) is 11.6 Å². The number of halogens is 2. The maximum absolute atomic E-state index is 15.6. The maximum atomic E-state index is 15.6. The molecular formula is C38H46F2N4O2. The van der Waals surface area contributed by atoms with E-state index in [4.69, 9.17) is 4.74 Å². The zero-order valence-electron chi connectivity index (χ0n) is 28.4. The molecule has 2 atom stereocenters. The van der Waals surface area contributed by atoms with Crippen molar-refractivity contribution in [3.05, 3.63) is 100 Å². The van der Waals surface area contributed by atoms with Crippen LogP contribution in [0.15, 0.2) is 60.7 Å². The summed E-state index contributed by atoms with van der Waals surface area (Å²) in [6.07, 6.45) is 3.88. The van der Waals surface area contributed by atoms with Crippen LogP contribution < -0.4 is 10.6 Å². The van der Waals surface area contributed by atoms with Crippen molar-refractivity contribution in [2.24, 2.45) is 11.8 Å². The molecule has 0 saturated carbocycles. The third-order valence-electron chi connectivity index (χ3n) is 7.60. The van der Waals surface area contributed by atoms with E-state index >= 15 is 4.39 Å². The minimum absolute atomic E-state index is 0.0157. The van der Waals surface area contributed by atoms with Crippen LogP contribution in [-0.2, 0) is 16.0 Å². The van der Waals surface area contributed by atoms with E-state index in [9.17, 15) is 14.4 Å². The molecule has 0 aliphatic heterocycles. The first-order valence-electron chi connectivity index (χ1n) is 15.7. The smallest absolute Gasteiger partial charge is 0.334 e. The number of rotatable bonds is 12. The lowest BCUT2D eigenvalue weighted by Gasteiger charge is -2.29. The van der Waals surface area contributed by atoms with Gasteiger partial charge in [-0.1, -0.05) is 52.5 Å². The van der Waals surface area contributed by atoms with E-state index in [1.165, 1.54) is 23.3 Å². The number of hydrogen-bond donors (Lipinski definition) is 2. The third kappa shape index (κ3) is 9.26. The summed E-state index contributed by atoms with van der Waals surface area (Å²) in [5, 5.41) is 16.2. The van der Waals surface area contributed by atoms with Gasteiger partial charge in [-0.2, -0.15) is 5.26 Å². The summed E-state index contributed by atoms with van der Waals surface area (Å²) in [6.45, 7) is 21.2. The molecule has 0 aliphatic rings. The Kier molecular flexibility index (Phi) is 11.9. The van der Waals surface area contributed by atoms with Crippen LogP contribution in [0.3, 0.4) is 0 Å². The number of ether oxygens (including phenoxy) is 1. The molecule has 3 rings (SSSR count). The lowest BCUT2D eigenvalue weighted by Crippen LogP contribution is -2.30. The Morgan fingerprint density at radius 1 is 1.11 bits per heavy atom. The lowest BCUT2D eigenvalue weighted by molar-refractivity contribution is -0.150. The molecule has 3 aromatic rings. The first kappa shape index (κ1) is 36.0. The van der Waals surface area contributed by atoms with E-state index in [2.05, 4.69) is 49.0 Å². The monoisotopic (exact) mass is 628 g/mol.